The molecule has 0 aromatic rings. The molecule has 1 atom stereocenters. The van der Waals surface area contributed by atoms with E-state index in [0.29, 0.717) is 11.5 Å². The van der Waals surface area contributed by atoms with Crippen molar-refractivity contribution in [1.29, 1.82) is 0 Å². The van der Waals surface area contributed by atoms with Crippen LogP contribution in [-0.2, 0) is 4.79 Å². The summed E-state index contributed by atoms with van der Waals surface area (Å²) in [6.45, 7) is 2.14. The Hall–Kier alpha value is -2.02. The molecule has 7 heteroatoms. The summed E-state index contributed by atoms with van der Waals surface area (Å²) in [4.78, 5) is 34.2. The predicted molar refractivity (Wildman–Crippen MR) is 73.2 cm³/mol. The fourth-order valence-electron chi connectivity index (χ4n) is 2.42. The van der Waals surface area contributed by atoms with Gasteiger partial charge in [-0.15, -0.1) is 0 Å². The summed E-state index contributed by atoms with van der Waals surface area (Å²) in [5.41, 5.74) is 1.54. The fourth-order valence-corrected chi connectivity index (χ4v) is 2.42. The second-order valence-electron chi connectivity index (χ2n) is 4.72. The van der Waals surface area contributed by atoms with Gasteiger partial charge in [0, 0.05) is 12.6 Å². The van der Waals surface area contributed by atoms with E-state index in [-0.39, 0.29) is 25.1 Å². The fraction of sp³-hybridized carbons (Fsp3) is 0.538. The molecule has 2 heterocycles. The quantitative estimate of drug-likeness (QED) is 0.648. The van der Waals surface area contributed by atoms with Gasteiger partial charge in [0.15, 0.2) is 5.92 Å². The summed E-state index contributed by atoms with van der Waals surface area (Å²) in [5.74, 6) is -0.382. The van der Waals surface area contributed by atoms with Crippen LogP contribution in [-0.4, -0.2) is 65.6 Å². The predicted octanol–water partition coefficient (Wildman–Crippen LogP) is -1.65. The van der Waals surface area contributed by atoms with Gasteiger partial charge in [0.2, 0.25) is 0 Å². The van der Waals surface area contributed by atoms with Crippen LogP contribution in [0.5, 0.6) is 0 Å². The molecule has 0 spiro atoms. The smallest absolute Gasteiger partial charge is 0.394 e. The molecule has 0 saturated carbocycles. The Bertz CT molecular complexity index is 536. The number of fused-ring (bicyclic) bond motifs is 1. The van der Waals surface area contributed by atoms with Crippen molar-refractivity contribution in [2.24, 2.45) is 10.9 Å². The van der Waals surface area contributed by atoms with Crippen LogP contribution in [0.25, 0.3) is 0 Å². The maximum atomic E-state index is 12.4. The van der Waals surface area contributed by atoms with Crippen molar-refractivity contribution < 1.29 is 19.7 Å². The number of rotatable bonds is 3. The number of carbonyl (C=O) groups is 2. The van der Waals surface area contributed by atoms with Crippen LogP contribution < -0.4 is 4.99 Å². The lowest BCUT2D eigenvalue weighted by molar-refractivity contribution is -0.383. The van der Waals surface area contributed by atoms with Crippen molar-refractivity contribution in [2.75, 3.05) is 27.2 Å². The molecule has 1 unspecified atom stereocenters. The van der Waals surface area contributed by atoms with Crippen molar-refractivity contribution in [3.05, 3.63) is 11.8 Å². The molecule has 0 radical (unpaired) electrons. The number of amides is 3. The molecule has 2 aliphatic heterocycles. The van der Waals surface area contributed by atoms with E-state index < -0.39 is 5.92 Å². The van der Waals surface area contributed by atoms with Gasteiger partial charge in [-0.1, -0.05) is 6.92 Å². The van der Waals surface area contributed by atoms with Gasteiger partial charge in [0.1, 0.15) is 0 Å². The highest BCUT2D eigenvalue weighted by atomic mass is 16.3. The number of allylic oxidation sites excluding steroid dienone is 1. The van der Waals surface area contributed by atoms with Crippen molar-refractivity contribution in [2.45, 2.75) is 13.3 Å². The van der Waals surface area contributed by atoms with Gasteiger partial charge in [0.25, 0.3) is 11.7 Å². The molecule has 2 N–H and O–H groups in total. The highest BCUT2D eigenvalue weighted by Gasteiger charge is 2.50. The van der Waals surface area contributed by atoms with E-state index in [4.69, 9.17) is 5.11 Å². The number of hydrogen-bond acceptors (Lipinski definition) is 4. The van der Waals surface area contributed by atoms with E-state index in [9.17, 15) is 9.59 Å². The molecule has 0 aromatic heterocycles. The van der Waals surface area contributed by atoms with Crippen molar-refractivity contribution in [3.8, 4) is 0 Å². The molecule has 0 aliphatic carbocycles. The molecular formula is C13H19N4O3+. The van der Waals surface area contributed by atoms with Gasteiger partial charge >= 0.3 is 6.03 Å². The van der Waals surface area contributed by atoms with E-state index >= 15 is 0 Å². The number of amidine groups is 1. The minimum atomic E-state index is -0.603. The third-order valence-electron chi connectivity index (χ3n) is 3.55. The Morgan fingerprint density at radius 3 is 2.65 bits per heavy atom. The number of nitrogens with one attached hydrogen (secondary N) is 1. The first-order valence-electron chi connectivity index (χ1n) is 6.56. The standard InChI is InChI=1S/C13H18N4O3/c1-4-8-7-15-11-9(10(8)14-5-6-18)12(19)17(3)13(20)16(11)2/h7,9,18H,4-6H2,1-3H3/p+1. The van der Waals surface area contributed by atoms with Gasteiger partial charge in [-0.2, -0.15) is 4.90 Å². The molecule has 20 heavy (non-hydrogen) atoms. The van der Waals surface area contributed by atoms with Crippen LogP contribution in [0.1, 0.15) is 13.3 Å². The van der Waals surface area contributed by atoms with Gasteiger partial charge in [-0.05, 0) is 6.42 Å². The van der Waals surface area contributed by atoms with Gasteiger partial charge in [-0.3, -0.25) is 9.79 Å². The monoisotopic (exact) mass is 279 g/mol. The normalized spacial score (nSPS) is 24.8. The number of aliphatic hydroxyl groups is 1. The molecule has 108 valence electrons. The average molecular weight is 279 g/mol. The average Bonchev–Trinajstić information content (AvgIpc) is 2.47. The Kier molecular flexibility index (Phi) is 3.99. The topological polar surface area (TPSA) is 87.2 Å². The Balaban J connectivity index is 2.50. The Morgan fingerprint density at radius 1 is 1.35 bits per heavy atom. The second-order valence-corrected chi connectivity index (χ2v) is 4.72. The van der Waals surface area contributed by atoms with Crippen LogP contribution >= 0.6 is 0 Å². The van der Waals surface area contributed by atoms with E-state index in [0.717, 1.165) is 16.9 Å². The SMILES string of the molecule is CCC1=C[NH+]=C2C(C(=O)N(C)C(=O)N2C)C1=NCCO. The maximum absolute atomic E-state index is 12.4. The van der Waals surface area contributed by atoms with Crippen LogP contribution in [0.4, 0.5) is 4.79 Å². The molecule has 7 nitrogen and oxygen atoms in total. The lowest BCUT2D eigenvalue weighted by atomic mass is 9.89. The highest BCUT2D eigenvalue weighted by Crippen LogP contribution is 2.22. The number of hydrogen-bond donors (Lipinski definition) is 2. The van der Waals surface area contributed by atoms with Gasteiger partial charge in [0.05, 0.1) is 32.1 Å². The maximum Gasteiger partial charge on any atom is 0.417 e. The number of nitrogens with zero attached hydrogens (tertiary/aromatic N) is 3. The van der Waals surface area contributed by atoms with Crippen molar-refractivity contribution in [1.82, 2.24) is 9.80 Å². The van der Waals surface area contributed by atoms with E-state index in [1.54, 1.807) is 13.2 Å². The molecule has 2 aliphatic rings. The summed E-state index contributed by atoms with van der Waals surface area (Å²) in [6.07, 6.45) is 2.49. The van der Waals surface area contributed by atoms with Gasteiger partial charge < -0.3 is 5.11 Å². The second kappa shape index (κ2) is 5.54. The lowest BCUT2D eigenvalue weighted by Gasteiger charge is -2.32. The van der Waals surface area contributed by atoms with Gasteiger partial charge in [-0.25, -0.2) is 14.7 Å². The van der Waals surface area contributed by atoms with E-state index in [2.05, 4.69) is 9.98 Å². The molecule has 1 saturated heterocycles. The Morgan fingerprint density at radius 2 is 2.05 bits per heavy atom. The number of aliphatic imine (C=N–C) groups is 1. The van der Waals surface area contributed by atoms with E-state index in [1.807, 2.05) is 6.92 Å². The third-order valence-corrected chi connectivity index (χ3v) is 3.55. The Labute approximate surface area is 117 Å². The van der Waals surface area contributed by atoms with Crippen LogP contribution in [0.2, 0.25) is 0 Å². The zero-order chi connectivity index (χ0) is 14.9. The lowest BCUT2D eigenvalue weighted by Crippen LogP contribution is -2.80. The largest absolute Gasteiger partial charge is 0.417 e. The number of carbonyl (C=O) groups excluding carboxylic acids is 2. The zero-order valence-electron chi connectivity index (χ0n) is 11.9. The molecular weight excluding hydrogens is 260 g/mol. The first-order valence-corrected chi connectivity index (χ1v) is 6.56. The molecule has 2 rings (SSSR count). The summed E-state index contributed by atoms with van der Waals surface area (Å²) >= 11 is 0. The minimum absolute atomic E-state index is 0.0746. The summed E-state index contributed by atoms with van der Waals surface area (Å²) in [6, 6.07) is -0.372. The van der Waals surface area contributed by atoms with Crippen LogP contribution in [0.3, 0.4) is 0 Å². The molecule has 0 aromatic carbocycles. The number of imide groups is 1. The van der Waals surface area contributed by atoms with Crippen LogP contribution in [0, 0.1) is 5.92 Å². The van der Waals surface area contributed by atoms with Crippen LogP contribution in [0.15, 0.2) is 16.8 Å². The summed E-state index contributed by atoms with van der Waals surface area (Å²) < 4.78 is 0. The highest BCUT2D eigenvalue weighted by molar-refractivity contribution is 6.31. The van der Waals surface area contributed by atoms with E-state index in [1.165, 1.54) is 11.9 Å². The molecule has 1 fully saturated rings. The number of aliphatic hydroxyl groups excluding tert-OH is 1. The van der Waals surface area contributed by atoms with Crippen molar-refractivity contribution >= 4 is 23.5 Å². The first-order chi connectivity index (χ1) is 9.52. The molecule has 3 amide bonds. The summed E-state index contributed by atoms with van der Waals surface area (Å²) in [5, 5.41) is 8.95. The number of urea groups is 1. The summed E-state index contributed by atoms with van der Waals surface area (Å²) in [7, 11) is 3.08. The third kappa shape index (κ3) is 2.14. The van der Waals surface area contributed by atoms with Crippen molar-refractivity contribution in [3.63, 3.8) is 0 Å². The molecule has 0 bridgehead atoms. The minimum Gasteiger partial charge on any atom is -0.394 e. The zero-order valence-corrected chi connectivity index (χ0v) is 11.9. The first kappa shape index (κ1) is 14.4.